The summed E-state index contributed by atoms with van der Waals surface area (Å²) in [6, 6.07) is 4.02. The molecule has 1 aromatic carbocycles. The average Bonchev–Trinajstić information content (AvgIpc) is 2.28. The van der Waals surface area contributed by atoms with Crippen LogP contribution in [-0.4, -0.2) is 17.4 Å². The van der Waals surface area contributed by atoms with Crippen LogP contribution in [0.3, 0.4) is 0 Å². The Morgan fingerprint density at radius 1 is 1.47 bits per heavy atom. The van der Waals surface area contributed by atoms with Gasteiger partial charge in [-0.25, -0.2) is 0 Å². The fraction of sp³-hybridized carbons (Fsp3) is 0.273. The standard InChI is InChI=1S/C11H7ClF3NO3/c12-4-6-1-2-7(5-16)8(3-9(17)18)10(6)19-11(13,14)15/h1-2H,3-4H2,(H,17,18). The van der Waals surface area contributed by atoms with Crippen LogP contribution in [0, 0.1) is 11.3 Å². The summed E-state index contributed by atoms with van der Waals surface area (Å²) in [5, 5.41) is 17.5. The molecule has 0 amide bonds. The predicted octanol–water partition coefficient (Wildman–Crippen LogP) is 2.82. The molecular weight excluding hydrogens is 287 g/mol. The second-order valence-electron chi connectivity index (χ2n) is 3.44. The molecule has 0 unspecified atom stereocenters. The number of carbonyl (C=O) groups is 1. The third-order valence-electron chi connectivity index (χ3n) is 2.15. The van der Waals surface area contributed by atoms with Crippen LogP contribution in [0.2, 0.25) is 0 Å². The summed E-state index contributed by atoms with van der Waals surface area (Å²) in [6.45, 7) is 0. The van der Waals surface area contributed by atoms with Crippen LogP contribution in [0.4, 0.5) is 13.2 Å². The largest absolute Gasteiger partial charge is 0.573 e. The molecule has 0 aliphatic rings. The minimum Gasteiger partial charge on any atom is -0.481 e. The van der Waals surface area contributed by atoms with Crippen LogP contribution >= 0.6 is 11.6 Å². The second-order valence-corrected chi connectivity index (χ2v) is 3.71. The summed E-state index contributed by atoms with van der Waals surface area (Å²) >= 11 is 5.49. The molecule has 0 spiro atoms. The third-order valence-corrected chi connectivity index (χ3v) is 2.44. The van der Waals surface area contributed by atoms with Gasteiger partial charge in [-0.15, -0.1) is 24.8 Å². The summed E-state index contributed by atoms with van der Waals surface area (Å²) in [4.78, 5) is 10.7. The van der Waals surface area contributed by atoms with Crippen molar-refractivity contribution in [3.8, 4) is 11.8 Å². The molecule has 0 radical (unpaired) electrons. The zero-order valence-corrected chi connectivity index (χ0v) is 10.0. The Kier molecular flexibility index (Phi) is 4.62. The van der Waals surface area contributed by atoms with Gasteiger partial charge < -0.3 is 9.84 Å². The number of carboxylic acid groups (broad SMARTS) is 1. The predicted molar refractivity (Wildman–Crippen MR) is 58.7 cm³/mol. The molecule has 0 aliphatic carbocycles. The van der Waals surface area contributed by atoms with Gasteiger partial charge >= 0.3 is 12.3 Å². The topological polar surface area (TPSA) is 70.3 Å². The van der Waals surface area contributed by atoms with Gasteiger partial charge in [0, 0.05) is 11.1 Å². The molecule has 1 N–H and O–H groups in total. The van der Waals surface area contributed by atoms with E-state index in [9.17, 15) is 18.0 Å². The Balaban J connectivity index is 3.43. The van der Waals surface area contributed by atoms with Crippen molar-refractivity contribution in [1.82, 2.24) is 0 Å². The van der Waals surface area contributed by atoms with Crippen LogP contribution in [0.25, 0.3) is 0 Å². The lowest BCUT2D eigenvalue weighted by Crippen LogP contribution is -2.20. The van der Waals surface area contributed by atoms with E-state index in [-0.39, 0.29) is 22.6 Å². The number of alkyl halides is 4. The van der Waals surface area contributed by atoms with E-state index >= 15 is 0 Å². The van der Waals surface area contributed by atoms with Gasteiger partial charge in [0.2, 0.25) is 0 Å². The van der Waals surface area contributed by atoms with E-state index in [0.717, 1.165) is 0 Å². The van der Waals surface area contributed by atoms with Gasteiger partial charge in [0.15, 0.2) is 0 Å². The van der Waals surface area contributed by atoms with E-state index in [2.05, 4.69) is 4.74 Å². The minimum atomic E-state index is -5.00. The van der Waals surface area contributed by atoms with Crippen molar-refractivity contribution in [2.24, 2.45) is 0 Å². The first-order valence-electron chi connectivity index (χ1n) is 4.87. The molecule has 8 heteroatoms. The molecule has 1 rings (SSSR count). The van der Waals surface area contributed by atoms with Gasteiger partial charge in [0.25, 0.3) is 0 Å². The summed E-state index contributed by atoms with van der Waals surface area (Å²) in [7, 11) is 0. The molecule has 0 fully saturated rings. The normalized spacial score (nSPS) is 10.9. The Morgan fingerprint density at radius 3 is 2.53 bits per heavy atom. The van der Waals surface area contributed by atoms with E-state index in [0.29, 0.717) is 0 Å². The molecule has 0 saturated heterocycles. The first-order chi connectivity index (χ1) is 8.78. The SMILES string of the molecule is N#Cc1ccc(CCl)c(OC(F)(F)F)c1CC(=O)O. The lowest BCUT2D eigenvalue weighted by atomic mass is 10.0. The van der Waals surface area contributed by atoms with Crippen molar-refractivity contribution >= 4 is 17.6 Å². The van der Waals surface area contributed by atoms with Crippen molar-refractivity contribution < 1.29 is 27.8 Å². The summed E-state index contributed by atoms with van der Waals surface area (Å²) in [5.74, 6) is -2.40. The van der Waals surface area contributed by atoms with Gasteiger partial charge in [0.05, 0.1) is 23.9 Å². The summed E-state index contributed by atoms with van der Waals surface area (Å²) in [6.07, 6.45) is -5.76. The van der Waals surface area contributed by atoms with Crippen molar-refractivity contribution in [2.75, 3.05) is 0 Å². The number of halogens is 4. The van der Waals surface area contributed by atoms with E-state index in [4.69, 9.17) is 22.0 Å². The second kappa shape index (κ2) is 5.80. The molecule has 1 aromatic rings. The smallest absolute Gasteiger partial charge is 0.481 e. The number of rotatable bonds is 4. The average molecular weight is 294 g/mol. The summed E-state index contributed by atoms with van der Waals surface area (Å²) < 4.78 is 40.7. The zero-order valence-electron chi connectivity index (χ0n) is 9.29. The highest BCUT2D eigenvalue weighted by molar-refractivity contribution is 6.17. The number of carboxylic acids is 1. The van der Waals surface area contributed by atoms with Gasteiger partial charge in [-0.3, -0.25) is 4.79 Å². The molecule has 19 heavy (non-hydrogen) atoms. The molecule has 0 aliphatic heterocycles. The first kappa shape index (κ1) is 15.1. The molecule has 0 saturated carbocycles. The molecule has 0 aromatic heterocycles. The van der Waals surface area contributed by atoms with Gasteiger partial charge in [-0.2, -0.15) is 5.26 Å². The van der Waals surface area contributed by atoms with Crippen molar-refractivity contribution in [3.63, 3.8) is 0 Å². The Hall–Kier alpha value is -1.94. The van der Waals surface area contributed by atoms with Crippen molar-refractivity contribution in [2.45, 2.75) is 18.7 Å². The number of hydrogen-bond donors (Lipinski definition) is 1. The molecular formula is C11H7ClF3NO3. The number of nitriles is 1. The fourth-order valence-electron chi connectivity index (χ4n) is 1.46. The van der Waals surface area contributed by atoms with E-state index in [1.54, 1.807) is 6.07 Å². The van der Waals surface area contributed by atoms with E-state index < -0.39 is 24.5 Å². The maximum absolute atomic E-state index is 12.3. The van der Waals surface area contributed by atoms with Crippen LogP contribution < -0.4 is 4.74 Å². The zero-order chi connectivity index (χ0) is 14.6. The highest BCUT2D eigenvalue weighted by Gasteiger charge is 2.34. The van der Waals surface area contributed by atoms with Crippen LogP contribution in [0.1, 0.15) is 16.7 Å². The monoisotopic (exact) mass is 293 g/mol. The maximum atomic E-state index is 12.3. The van der Waals surface area contributed by atoms with Crippen LogP contribution in [0.15, 0.2) is 12.1 Å². The van der Waals surface area contributed by atoms with Gasteiger partial charge in [-0.1, -0.05) is 6.07 Å². The quantitative estimate of drug-likeness (QED) is 0.867. The number of benzene rings is 1. The van der Waals surface area contributed by atoms with Gasteiger partial charge in [-0.05, 0) is 6.07 Å². The van der Waals surface area contributed by atoms with Crippen molar-refractivity contribution in [1.29, 1.82) is 5.26 Å². The number of nitrogens with zero attached hydrogens (tertiary/aromatic N) is 1. The lowest BCUT2D eigenvalue weighted by Gasteiger charge is -2.16. The number of ether oxygens (including phenoxy) is 1. The highest BCUT2D eigenvalue weighted by atomic mass is 35.5. The molecule has 102 valence electrons. The van der Waals surface area contributed by atoms with Crippen LogP contribution in [0.5, 0.6) is 5.75 Å². The fourth-order valence-corrected chi connectivity index (χ4v) is 1.67. The molecule has 0 bridgehead atoms. The van der Waals surface area contributed by atoms with Crippen LogP contribution in [-0.2, 0) is 17.1 Å². The molecule has 0 heterocycles. The van der Waals surface area contributed by atoms with Gasteiger partial charge in [0.1, 0.15) is 5.75 Å². The highest BCUT2D eigenvalue weighted by Crippen LogP contribution is 2.33. The van der Waals surface area contributed by atoms with E-state index in [1.807, 2.05) is 0 Å². The lowest BCUT2D eigenvalue weighted by molar-refractivity contribution is -0.275. The van der Waals surface area contributed by atoms with Crippen molar-refractivity contribution in [3.05, 3.63) is 28.8 Å². The first-order valence-corrected chi connectivity index (χ1v) is 5.40. The molecule has 0 atom stereocenters. The molecule has 4 nitrogen and oxygen atoms in total. The Labute approximate surface area is 111 Å². The Bertz CT molecular complexity index is 537. The van der Waals surface area contributed by atoms with E-state index in [1.165, 1.54) is 12.1 Å². The maximum Gasteiger partial charge on any atom is 0.573 e. The number of aliphatic carboxylic acids is 1. The number of hydrogen-bond acceptors (Lipinski definition) is 3. The summed E-state index contributed by atoms with van der Waals surface area (Å²) in [5.41, 5.74) is -0.574. The Morgan fingerprint density at radius 2 is 2.11 bits per heavy atom. The third kappa shape index (κ3) is 4.03. The minimum absolute atomic E-state index is 0.0331.